The molecule has 6 heteroatoms. The lowest BCUT2D eigenvalue weighted by molar-refractivity contribution is -0.143. The normalized spacial score (nSPS) is 32.0. The van der Waals surface area contributed by atoms with Crippen molar-refractivity contribution in [2.24, 2.45) is 33.5 Å². The molecule has 2 aromatic rings. The van der Waals surface area contributed by atoms with E-state index in [1.165, 1.54) is 0 Å². The molecule has 0 spiro atoms. The highest BCUT2D eigenvalue weighted by atomic mass is 16.2. The second kappa shape index (κ2) is 8.11. The molecule has 4 unspecified atom stereocenters. The van der Waals surface area contributed by atoms with Gasteiger partial charge >= 0.3 is 0 Å². The molecule has 0 saturated heterocycles. The number of ketones is 2. The van der Waals surface area contributed by atoms with Gasteiger partial charge < -0.3 is 10.6 Å². The Balaban J connectivity index is 1.11. The topological polar surface area (TPSA) is 92.3 Å². The highest BCUT2D eigenvalue weighted by molar-refractivity contribution is 6.16. The fourth-order valence-corrected chi connectivity index (χ4v) is 7.95. The van der Waals surface area contributed by atoms with Crippen molar-refractivity contribution in [2.75, 3.05) is 10.6 Å². The average molecular weight is 513 g/mol. The van der Waals surface area contributed by atoms with E-state index in [2.05, 4.69) is 10.6 Å². The van der Waals surface area contributed by atoms with Crippen molar-refractivity contribution in [1.29, 1.82) is 0 Å². The number of benzene rings is 2. The van der Waals surface area contributed by atoms with Gasteiger partial charge in [-0.3, -0.25) is 19.2 Å². The van der Waals surface area contributed by atoms with E-state index in [9.17, 15) is 19.2 Å². The van der Waals surface area contributed by atoms with Crippen LogP contribution in [0.25, 0.3) is 11.1 Å². The smallest absolute Gasteiger partial charge is 0.238 e. The lowest BCUT2D eigenvalue weighted by Crippen LogP contribution is -2.44. The van der Waals surface area contributed by atoms with E-state index >= 15 is 0 Å². The molecule has 0 aromatic heterocycles. The number of amides is 2. The maximum atomic E-state index is 13.2. The van der Waals surface area contributed by atoms with Crippen LogP contribution in [0.4, 0.5) is 11.4 Å². The summed E-state index contributed by atoms with van der Waals surface area (Å²) in [6, 6.07) is 15.2. The lowest BCUT2D eigenvalue weighted by atomic mass is 9.70. The zero-order chi connectivity index (χ0) is 27.1. The van der Waals surface area contributed by atoms with Crippen LogP contribution in [-0.2, 0) is 19.2 Å². The summed E-state index contributed by atoms with van der Waals surface area (Å²) in [5.41, 5.74) is 0.690. The van der Waals surface area contributed by atoms with Gasteiger partial charge in [0.05, 0.1) is 0 Å². The number of anilines is 2. The molecule has 6 rings (SSSR count). The first-order valence-corrected chi connectivity index (χ1v) is 13.8. The molecule has 4 bridgehead atoms. The third-order valence-corrected chi connectivity index (χ3v) is 10.6. The molecule has 4 aliphatic rings. The number of Topliss-reactive ketones (excluding diaryl/α,β-unsaturated/α-hetero) is 2. The zero-order valence-corrected chi connectivity index (χ0v) is 22.6. The molecule has 4 saturated carbocycles. The van der Waals surface area contributed by atoms with E-state index in [-0.39, 0.29) is 35.2 Å². The molecule has 2 aromatic carbocycles. The standard InChI is InChI=1S/C32H36N2O4/c1-29(2)21-13-15-31(17-21,25(29)35)27(37)33-23-9-5-19(6-10-23)20-7-11-24(12-8-20)34-28(38)32-16-14-22(18-32)30(3,4)26(32)36/h5-12,21-22H,13-18H2,1-4H3,(H,33,37)(H,34,38). The molecule has 0 aliphatic heterocycles. The van der Waals surface area contributed by atoms with Gasteiger partial charge in [-0.1, -0.05) is 52.0 Å². The Morgan fingerprint density at radius 3 is 1.26 bits per heavy atom. The van der Waals surface area contributed by atoms with E-state index in [1.807, 2.05) is 76.2 Å². The molecule has 2 N–H and O–H groups in total. The summed E-state index contributed by atoms with van der Waals surface area (Å²) in [6.07, 6.45) is 4.44. The van der Waals surface area contributed by atoms with Crippen LogP contribution in [0.3, 0.4) is 0 Å². The second-order valence-corrected chi connectivity index (χ2v) is 13.2. The van der Waals surface area contributed by atoms with E-state index < -0.39 is 21.7 Å². The fraction of sp³-hybridized carbons (Fsp3) is 0.500. The zero-order valence-electron chi connectivity index (χ0n) is 22.6. The summed E-state index contributed by atoms with van der Waals surface area (Å²) in [5.74, 6) is 0.375. The van der Waals surface area contributed by atoms with Crippen molar-refractivity contribution in [2.45, 2.75) is 66.2 Å². The van der Waals surface area contributed by atoms with Gasteiger partial charge in [0.1, 0.15) is 10.8 Å². The SMILES string of the molecule is CC1(C)C(=O)C2(C(=O)Nc3ccc(-c4ccc(NC(=O)C56CCC(C5)C(C)(C)C6=O)cc4)cc3)CCC1C2. The van der Waals surface area contributed by atoms with Crippen LogP contribution in [0, 0.1) is 33.5 Å². The molecule has 0 radical (unpaired) electrons. The Morgan fingerprint density at radius 2 is 0.974 bits per heavy atom. The monoisotopic (exact) mass is 512 g/mol. The number of hydrogen-bond donors (Lipinski definition) is 2. The molecule has 38 heavy (non-hydrogen) atoms. The third-order valence-electron chi connectivity index (χ3n) is 10.6. The first-order chi connectivity index (χ1) is 17.9. The Kier molecular flexibility index (Phi) is 5.34. The van der Waals surface area contributed by atoms with Crippen molar-refractivity contribution in [3.8, 4) is 11.1 Å². The van der Waals surface area contributed by atoms with Gasteiger partial charge in [0.25, 0.3) is 0 Å². The summed E-state index contributed by atoms with van der Waals surface area (Å²) in [6.45, 7) is 7.88. The van der Waals surface area contributed by atoms with Gasteiger partial charge in [-0.25, -0.2) is 0 Å². The summed E-state index contributed by atoms with van der Waals surface area (Å²) >= 11 is 0. The van der Waals surface area contributed by atoms with Crippen molar-refractivity contribution < 1.29 is 19.2 Å². The number of carbonyl (C=O) groups is 4. The highest BCUT2D eigenvalue weighted by Gasteiger charge is 2.66. The molecule has 6 nitrogen and oxygen atoms in total. The minimum absolute atomic E-state index is 0.0795. The number of hydrogen-bond acceptors (Lipinski definition) is 4. The second-order valence-electron chi connectivity index (χ2n) is 13.2. The third kappa shape index (κ3) is 3.38. The Hall–Kier alpha value is -3.28. The van der Waals surface area contributed by atoms with Crippen molar-refractivity contribution in [3.05, 3.63) is 48.5 Å². The van der Waals surface area contributed by atoms with Gasteiger partial charge in [0, 0.05) is 22.2 Å². The van der Waals surface area contributed by atoms with Gasteiger partial charge in [-0.15, -0.1) is 0 Å². The summed E-state index contributed by atoms with van der Waals surface area (Å²) in [5, 5.41) is 5.99. The number of nitrogens with one attached hydrogen (secondary N) is 2. The molecular formula is C32H36N2O4. The summed E-state index contributed by atoms with van der Waals surface area (Å²) < 4.78 is 0. The summed E-state index contributed by atoms with van der Waals surface area (Å²) in [4.78, 5) is 52.4. The predicted molar refractivity (Wildman–Crippen MR) is 146 cm³/mol. The Bertz CT molecular complexity index is 1250. The minimum atomic E-state index is -0.884. The summed E-state index contributed by atoms with van der Waals surface area (Å²) in [7, 11) is 0. The van der Waals surface area contributed by atoms with E-state index in [0.29, 0.717) is 37.1 Å². The Morgan fingerprint density at radius 1 is 0.632 bits per heavy atom. The predicted octanol–water partition coefficient (Wildman–Crippen LogP) is 6.02. The molecule has 2 amide bonds. The first-order valence-electron chi connectivity index (χ1n) is 13.8. The van der Waals surface area contributed by atoms with Crippen LogP contribution in [0.2, 0.25) is 0 Å². The van der Waals surface area contributed by atoms with Gasteiger partial charge in [0.15, 0.2) is 11.6 Å². The van der Waals surface area contributed by atoms with Crippen LogP contribution < -0.4 is 10.6 Å². The highest BCUT2D eigenvalue weighted by Crippen LogP contribution is 2.61. The first kappa shape index (κ1) is 25.0. The van der Waals surface area contributed by atoms with Crippen molar-refractivity contribution in [3.63, 3.8) is 0 Å². The van der Waals surface area contributed by atoms with Crippen molar-refractivity contribution >= 4 is 34.8 Å². The number of fused-ring (bicyclic) bond motifs is 4. The number of carbonyl (C=O) groups excluding carboxylic acids is 4. The lowest BCUT2D eigenvalue weighted by Gasteiger charge is -2.32. The average Bonchev–Trinajstić information content (AvgIpc) is 3.63. The fourth-order valence-electron chi connectivity index (χ4n) is 7.95. The van der Waals surface area contributed by atoms with E-state index in [0.717, 1.165) is 24.0 Å². The molecule has 0 heterocycles. The maximum absolute atomic E-state index is 13.2. The van der Waals surface area contributed by atoms with E-state index in [1.54, 1.807) is 0 Å². The van der Waals surface area contributed by atoms with Crippen LogP contribution in [-0.4, -0.2) is 23.4 Å². The minimum Gasteiger partial charge on any atom is -0.325 e. The molecule has 4 aliphatic carbocycles. The van der Waals surface area contributed by atoms with Crippen LogP contribution in [0.15, 0.2) is 48.5 Å². The van der Waals surface area contributed by atoms with Crippen LogP contribution in [0.1, 0.15) is 66.2 Å². The molecular weight excluding hydrogens is 476 g/mol. The van der Waals surface area contributed by atoms with Gasteiger partial charge in [0.2, 0.25) is 11.8 Å². The van der Waals surface area contributed by atoms with Gasteiger partial charge in [-0.2, -0.15) is 0 Å². The molecule has 198 valence electrons. The van der Waals surface area contributed by atoms with Crippen LogP contribution in [0.5, 0.6) is 0 Å². The van der Waals surface area contributed by atoms with Crippen LogP contribution >= 0.6 is 0 Å². The van der Waals surface area contributed by atoms with Gasteiger partial charge in [-0.05, 0) is 85.8 Å². The van der Waals surface area contributed by atoms with Crippen molar-refractivity contribution in [1.82, 2.24) is 0 Å². The quantitative estimate of drug-likeness (QED) is 0.479. The molecule has 4 atom stereocenters. The number of rotatable bonds is 5. The van der Waals surface area contributed by atoms with E-state index in [4.69, 9.17) is 0 Å². The Labute approximate surface area is 224 Å². The largest absolute Gasteiger partial charge is 0.325 e. The molecule has 4 fully saturated rings. The maximum Gasteiger partial charge on any atom is 0.238 e.